The highest BCUT2D eigenvalue weighted by atomic mass is 16.6. The summed E-state index contributed by atoms with van der Waals surface area (Å²) in [6.07, 6.45) is -0.0491. The van der Waals surface area contributed by atoms with Crippen molar-refractivity contribution in [3.63, 3.8) is 0 Å². The summed E-state index contributed by atoms with van der Waals surface area (Å²) in [5.74, 6) is -0.0118. The van der Waals surface area contributed by atoms with E-state index >= 15 is 0 Å². The number of nitrogens with one attached hydrogen (secondary N) is 3. The van der Waals surface area contributed by atoms with Gasteiger partial charge < -0.3 is 20.7 Å². The Bertz CT molecular complexity index is 492. The van der Waals surface area contributed by atoms with Gasteiger partial charge in [-0.05, 0) is 38.5 Å². The second kappa shape index (κ2) is 8.26. The third-order valence-corrected chi connectivity index (χ3v) is 2.72. The zero-order valence-electron chi connectivity index (χ0n) is 13.7. The lowest BCUT2D eigenvalue weighted by Crippen LogP contribution is -2.34. The molecule has 0 heterocycles. The van der Waals surface area contributed by atoms with Crippen molar-refractivity contribution >= 4 is 17.7 Å². The Hall–Kier alpha value is -2.24. The Labute approximate surface area is 131 Å². The van der Waals surface area contributed by atoms with Crippen molar-refractivity contribution in [2.75, 3.05) is 25.5 Å². The number of carbonyl (C=O) groups is 2. The van der Waals surface area contributed by atoms with Gasteiger partial charge in [-0.3, -0.25) is 4.79 Å². The zero-order valence-corrected chi connectivity index (χ0v) is 13.7. The predicted octanol–water partition coefficient (Wildman–Crippen LogP) is 1.91. The minimum absolute atomic E-state index is 0.0118. The molecule has 0 bridgehead atoms. The summed E-state index contributed by atoms with van der Waals surface area (Å²) in [5, 5.41) is 8.45. The molecule has 6 heteroatoms. The molecular formula is C16H25N3O3. The molecule has 6 nitrogen and oxygen atoms in total. The first-order chi connectivity index (χ1) is 10.3. The average Bonchev–Trinajstić information content (AvgIpc) is 2.43. The number of alkyl carbamates (subject to hydrolysis) is 1. The van der Waals surface area contributed by atoms with E-state index < -0.39 is 11.7 Å². The molecule has 1 aromatic carbocycles. The summed E-state index contributed by atoms with van der Waals surface area (Å²) in [4.78, 5) is 22.7. The minimum atomic E-state index is -0.488. The van der Waals surface area contributed by atoms with Crippen LogP contribution in [-0.2, 0) is 16.0 Å². The number of hydrogen-bond acceptors (Lipinski definition) is 4. The third-order valence-electron chi connectivity index (χ3n) is 2.72. The third kappa shape index (κ3) is 7.52. The van der Waals surface area contributed by atoms with Crippen LogP contribution in [0.25, 0.3) is 0 Å². The van der Waals surface area contributed by atoms with Crippen LogP contribution in [0.2, 0.25) is 0 Å². The zero-order chi connectivity index (χ0) is 16.6. The van der Waals surface area contributed by atoms with E-state index in [2.05, 4.69) is 16.0 Å². The van der Waals surface area contributed by atoms with Crippen molar-refractivity contribution in [2.24, 2.45) is 0 Å². The second-order valence-corrected chi connectivity index (χ2v) is 5.90. The van der Waals surface area contributed by atoms with Crippen LogP contribution in [-0.4, -0.2) is 37.7 Å². The molecule has 3 N–H and O–H groups in total. The van der Waals surface area contributed by atoms with Gasteiger partial charge in [-0.15, -0.1) is 0 Å². The first-order valence-electron chi connectivity index (χ1n) is 7.30. The smallest absolute Gasteiger partial charge is 0.407 e. The molecule has 0 saturated heterocycles. The number of rotatable bonds is 6. The Morgan fingerprint density at radius 2 is 1.73 bits per heavy atom. The van der Waals surface area contributed by atoms with Gasteiger partial charge in [-0.2, -0.15) is 0 Å². The van der Waals surface area contributed by atoms with Crippen LogP contribution in [0, 0.1) is 0 Å². The van der Waals surface area contributed by atoms with Crippen molar-refractivity contribution < 1.29 is 14.3 Å². The van der Waals surface area contributed by atoms with E-state index in [1.54, 1.807) is 7.05 Å². The molecule has 0 atom stereocenters. The minimum Gasteiger partial charge on any atom is -0.444 e. The van der Waals surface area contributed by atoms with Crippen LogP contribution in [0.4, 0.5) is 10.5 Å². The summed E-state index contributed by atoms with van der Waals surface area (Å²) in [6.45, 7) is 6.53. The van der Waals surface area contributed by atoms with Gasteiger partial charge in [-0.1, -0.05) is 12.1 Å². The summed E-state index contributed by atoms with van der Waals surface area (Å²) in [6, 6.07) is 7.62. The number of likely N-dealkylation sites (N-methyl/N-ethyl adjacent to an activating group) is 1. The first kappa shape index (κ1) is 17.8. The van der Waals surface area contributed by atoms with Crippen molar-refractivity contribution in [1.82, 2.24) is 10.6 Å². The van der Waals surface area contributed by atoms with Crippen LogP contribution >= 0.6 is 0 Å². The van der Waals surface area contributed by atoms with E-state index in [1.807, 2.05) is 45.0 Å². The summed E-state index contributed by atoms with van der Waals surface area (Å²) in [5.41, 5.74) is 1.40. The maximum Gasteiger partial charge on any atom is 0.407 e. The molecule has 2 amide bonds. The molecule has 0 unspecified atom stereocenters. The quantitative estimate of drug-likeness (QED) is 0.701. The molecule has 0 saturated carbocycles. The standard InChI is InChI=1S/C16H25N3O3/c1-16(2,3)22-15(21)19-10-9-18-13-7-5-12(6-8-13)11-14(20)17-4/h5-8,18H,9-11H2,1-4H3,(H,17,20)(H,19,21). The van der Waals surface area contributed by atoms with Crippen LogP contribution in [0.1, 0.15) is 26.3 Å². The lowest BCUT2D eigenvalue weighted by Gasteiger charge is -2.19. The summed E-state index contributed by atoms with van der Waals surface area (Å²) < 4.78 is 5.14. The van der Waals surface area contributed by atoms with Gasteiger partial charge >= 0.3 is 6.09 Å². The van der Waals surface area contributed by atoms with Gasteiger partial charge in [0.25, 0.3) is 0 Å². The maximum absolute atomic E-state index is 11.4. The molecule has 1 rings (SSSR count). The fourth-order valence-electron chi connectivity index (χ4n) is 1.70. The molecule has 0 aliphatic carbocycles. The number of ether oxygens (including phenoxy) is 1. The predicted molar refractivity (Wildman–Crippen MR) is 86.9 cm³/mol. The van der Waals surface area contributed by atoms with E-state index in [0.29, 0.717) is 19.5 Å². The number of hydrogen-bond donors (Lipinski definition) is 3. The highest BCUT2D eigenvalue weighted by Gasteiger charge is 2.15. The van der Waals surface area contributed by atoms with E-state index in [-0.39, 0.29) is 5.91 Å². The molecule has 0 aromatic heterocycles. The van der Waals surface area contributed by atoms with E-state index in [9.17, 15) is 9.59 Å². The van der Waals surface area contributed by atoms with Crippen LogP contribution in [0.15, 0.2) is 24.3 Å². The Kier molecular flexibility index (Phi) is 6.69. The summed E-state index contributed by atoms with van der Waals surface area (Å²) >= 11 is 0. The van der Waals surface area contributed by atoms with E-state index in [0.717, 1.165) is 11.3 Å². The SMILES string of the molecule is CNC(=O)Cc1ccc(NCCNC(=O)OC(C)(C)C)cc1. The lowest BCUT2D eigenvalue weighted by molar-refractivity contribution is -0.119. The van der Waals surface area contributed by atoms with Crippen molar-refractivity contribution in [2.45, 2.75) is 32.8 Å². The molecule has 0 radical (unpaired) electrons. The maximum atomic E-state index is 11.4. The number of anilines is 1. The number of amides is 2. The Morgan fingerprint density at radius 1 is 1.09 bits per heavy atom. The average molecular weight is 307 g/mol. The van der Waals surface area contributed by atoms with Crippen molar-refractivity contribution in [3.8, 4) is 0 Å². The Balaban J connectivity index is 2.28. The fraction of sp³-hybridized carbons (Fsp3) is 0.500. The van der Waals surface area contributed by atoms with E-state index in [1.165, 1.54) is 0 Å². The molecule has 0 aliphatic heterocycles. The molecule has 22 heavy (non-hydrogen) atoms. The molecule has 0 spiro atoms. The molecular weight excluding hydrogens is 282 g/mol. The highest BCUT2D eigenvalue weighted by molar-refractivity contribution is 5.78. The number of carbonyl (C=O) groups excluding carboxylic acids is 2. The fourth-order valence-corrected chi connectivity index (χ4v) is 1.70. The van der Waals surface area contributed by atoms with Gasteiger partial charge in [-0.25, -0.2) is 4.79 Å². The number of benzene rings is 1. The van der Waals surface area contributed by atoms with Gasteiger partial charge in [0.15, 0.2) is 0 Å². The summed E-state index contributed by atoms with van der Waals surface area (Å²) in [7, 11) is 1.62. The first-order valence-corrected chi connectivity index (χ1v) is 7.30. The van der Waals surface area contributed by atoms with Gasteiger partial charge in [0.05, 0.1) is 6.42 Å². The molecule has 1 aromatic rings. The van der Waals surface area contributed by atoms with Crippen molar-refractivity contribution in [1.29, 1.82) is 0 Å². The van der Waals surface area contributed by atoms with Gasteiger partial charge in [0.1, 0.15) is 5.60 Å². The Morgan fingerprint density at radius 3 is 2.27 bits per heavy atom. The highest BCUT2D eigenvalue weighted by Crippen LogP contribution is 2.10. The monoisotopic (exact) mass is 307 g/mol. The molecule has 0 fully saturated rings. The van der Waals surface area contributed by atoms with Crippen LogP contribution in [0.3, 0.4) is 0 Å². The van der Waals surface area contributed by atoms with E-state index in [4.69, 9.17) is 4.74 Å². The van der Waals surface area contributed by atoms with Gasteiger partial charge in [0.2, 0.25) is 5.91 Å². The molecule has 0 aliphatic rings. The van der Waals surface area contributed by atoms with Crippen LogP contribution < -0.4 is 16.0 Å². The van der Waals surface area contributed by atoms with Crippen LogP contribution in [0.5, 0.6) is 0 Å². The normalized spacial score (nSPS) is 10.7. The second-order valence-electron chi connectivity index (χ2n) is 5.90. The topological polar surface area (TPSA) is 79.5 Å². The lowest BCUT2D eigenvalue weighted by atomic mass is 10.1. The van der Waals surface area contributed by atoms with Gasteiger partial charge in [0, 0.05) is 25.8 Å². The largest absolute Gasteiger partial charge is 0.444 e. The van der Waals surface area contributed by atoms with Crippen molar-refractivity contribution in [3.05, 3.63) is 29.8 Å². The molecule has 122 valence electrons.